The van der Waals surface area contributed by atoms with Crippen LogP contribution in [0.4, 0.5) is 0 Å². The molecule has 0 aliphatic heterocycles. The smallest absolute Gasteiger partial charge is 0.151 e. The van der Waals surface area contributed by atoms with Crippen molar-refractivity contribution in [1.29, 1.82) is 0 Å². The summed E-state index contributed by atoms with van der Waals surface area (Å²) in [7, 11) is 0. The molecule has 0 amide bonds. The zero-order valence-corrected chi connectivity index (χ0v) is 12.3. The Labute approximate surface area is 111 Å². The van der Waals surface area contributed by atoms with Gasteiger partial charge in [0.25, 0.3) is 0 Å². The predicted molar refractivity (Wildman–Crippen MR) is 78.8 cm³/mol. The second-order valence-corrected chi connectivity index (χ2v) is 4.06. The van der Waals surface area contributed by atoms with E-state index in [2.05, 4.69) is 44.2 Å². The van der Waals surface area contributed by atoms with Gasteiger partial charge in [0.2, 0.25) is 0 Å². The minimum Gasteiger partial charge on any atom is -0.368 e. The first-order chi connectivity index (χ1) is 6.12. The summed E-state index contributed by atoms with van der Waals surface area (Å²) in [4.78, 5) is 0. The Bertz CT molecular complexity index is 123. The van der Waals surface area contributed by atoms with E-state index in [1.807, 2.05) is 0 Å². The topological polar surface area (TPSA) is 40.5 Å². The summed E-state index contributed by atoms with van der Waals surface area (Å²) in [5, 5.41) is 17.7. The van der Waals surface area contributed by atoms with Crippen LogP contribution in [0.5, 0.6) is 0 Å². The molecule has 1 aliphatic rings. The van der Waals surface area contributed by atoms with Gasteiger partial charge in [-0.2, -0.15) is 0 Å². The first kappa shape index (κ1) is 17.8. The lowest BCUT2D eigenvalue weighted by molar-refractivity contribution is -0.0757. The maximum atomic E-state index is 8.83. The van der Waals surface area contributed by atoms with E-state index in [1.165, 1.54) is 19.3 Å². The molecule has 0 aromatic carbocycles. The van der Waals surface area contributed by atoms with Gasteiger partial charge in [-0.1, -0.05) is 33.6 Å². The van der Waals surface area contributed by atoms with Crippen molar-refractivity contribution in [1.82, 2.24) is 0 Å². The van der Waals surface area contributed by atoms with Crippen LogP contribution in [-0.4, -0.2) is 16.5 Å². The molecule has 0 atom stereocenters. The molecule has 0 spiro atoms. The molecule has 14 heavy (non-hydrogen) atoms. The second-order valence-electron chi connectivity index (χ2n) is 4.06. The van der Waals surface area contributed by atoms with E-state index in [-0.39, 0.29) is 12.8 Å². The Balaban J connectivity index is 0. The molecule has 1 fully saturated rings. The Morgan fingerprint density at radius 3 is 1.93 bits per heavy atom. The fourth-order valence-electron chi connectivity index (χ4n) is 2.05. The predicted octanol–water partition coefficient (Wildman–Crippen LogP) is 4.07. The molecular formula is C10H22I2O2. The fourth-order valence-corrected chi connectivity index (χ4v) is 2.05. The zero-order chi connectivity index (χ0) is 10.3. The maximum Gasteiger partial charge on any atom is 0.151 e. The minimum absolute atomic E-state index is 0. The van der Waals surface area contributed by atoms with Gasteiger partial charge in [-0.05, 0) is 18.3 Å². The van der Waals surface area contributed by atoms with Crippen molar-refractivity contribution in [3.63, 3.8) is 0 Å². The summed E-state index contributed by atoms with van der Waals surface area (Å²) in [6.45, 7) is 2.16. The van der Waals surface area contributed by atoms with E-state index < -0.39 is 6.29 Å². The molecule has 1 aliphatic carbocycles. The first-order valence-electron chi connectivity index (χ1n) is 4.63. The van der Waals surface area contributed by atoms with Crippen LogP contribution >= 0.6 is 37.2 Å². The Kier molecular flexibility index (Phi) is 12.2. The third kappa shape index (κ3) is 7.64. The molecule has 1 rings (SSSR count). The normalized spacial score (nSPS) is 19.3. The third-order valence-corrected chi connectivity index (χ3v) is 2.74. The zero-order valence-electron chi connectivity index (χ0n) is 7.97. The van der Waals surface area contributed by atoms with Crippen LogP contribution in [0.1, 0.15) is 52.9 Å². The SMILES string of the molecule is C.CC1(CC(O)O)CCCCC1.II. The summed E-state index contributed by atoms with van der Waals surface area (Å²) in [5.74, 6) is 0. The largest absolute Gasteiger partial charge is 0.368 e. The van der Waals surface area contributed by atoms with Gasteiger partial charge in [0.15, 0.2) is 6.29 Å². The van der Waals surface area contributed by atoms with E-state index in [1.54, 1.807) is 0 Å². The number of aliphatic hydroxyl groups excluding tert-OH is 1. The van der Waals surface area contributed by atoms with Crippen LogP contribution in [0.25, 0.3) is 0 Å². The highest BCUT2D eigenvalue weighted by molar-refractivity contribution is 15.0. The Morgan fingerprint density at radius 1 is 1.14 bits per heavy atom. The van der Waals surface area contributed by atoms with Crippen molar-refractivity contribution < 1.29 is 10.2 Å². The van der Waals surface area contributed by atoms with Gasteiger partial charge in [0, 0.05) is 43.7 Å². The highest BCUT2D eigenvalue weighted by Crippen LogP contribution is 2.39. The highest BCUT2D eigenvalue weighted by Gasteiger charge is 2.28. The van der Waals surface area contributed by atoms with Crippen molar-refractivity contribution >= 4 is 37.2 Å². The molecule has 0 aromatic heterocycles. The lowest BCUT2D eigenvalue weighted by Crippen LogP contribution is -2.25. The van der Waals surface area contributed by atoms with Crippen molar-refractivity contribution in [2.24, 2.45) is 5.41 Å². The number of hydrogen-bond acceptors (Lipinski definition) is 2. The third-order valence-electron chi connectivity index (χ3n) is 2.74. The van der Waals surface area contributed by atoms with Gasteiger partial charge in [-0.3, -0.25) is 0 Å². The van der Waals surface area contributed by atoms with Gasteiger partial charge in [-0.15, -0.1) is 0 Å². The average molecular weight is 428 g/mol. The van der Waals surface area contributed by atoms with Crippen LogP contribution in [0.3, 0.4) is 0 Å². The van der Waals surface area contributed by atoms with Crippen LogP contribution in [-0.2, 0) is 0 Å². The van der Waals surface area contributed by atoms with Crippen LogP contribution in [0.15, 0.2) is 0 Å². The molecule has 88 valence electrons. The molecule has 0 bridgehead atoms. The molecule has 0 aromatic rings. The van der Waals surface area contributed by atoms with E-state index in [0.29, 0.717) is 6.42 Å². The van der Waals surface area contributed by atoms with Gasteiger partial charge < -0.3 is 10.2 Å². The van der Waals surface area contributed by atoms with E-state index in [4.69, 9.17) is 10.2 Å². The summed E-state index contributed by atoms with van der Waals surface area (Å²) in [6, 6.07) is 0. The maximum absolute atomic E-state index is 8.83. The molecule has 0 heterocycles. The summed E-state index contributed by atoms with van der Waals surface area (Å²) < 4.78 is 0. The van der Waals surface area contributed by atoms with E-state index in [9.17, 15) is 0 Å². The van der Waals surface area contributed by atoms with Crippen molar-refractivity contribution in [2.75, 3.05) is 0 Å². The molecule has 4 heteroatoms. The van der Waals surface area contributed by atoms with Crippen molar-refractivity contribution in [3.05, 3.63) is 0 Å². The molecule has 2 nitrogen and oxygen atoms in total. The van der Waals surface area contributed by atoms with E-state index in [0.717, 1.165) is 12.8 Å². The molecule has 1 saturated carbocycles. The summed E-state index contributed by atoms with van der Waals surface area (Å²) in [6.07, 6.45) is 5.57. The standard InChI is InChI=1S/C9H18O2.CH4.I2/c1-9(7-8(10)11)5-3-2-4-6-9;;1-2/h8,10-11H,2-7H2,1H3;1H4;. The minimum atomic E-state index is -1.11. The van der Waals surface area contributed by atoms with Crippen LogP contribution < -0.4 is 0 Å². The van der Waals surface area contributed by atoms with Gasteiger partial charge >= 0.3 is 0 Å². The number of rotatable bonds is 2. The molecule has 0 saturated heterocycles. The van der Waals surface area contributed by atoms with Crippen molar-refractivity contribution in [2.45, 2.75) is 59.2 Å². The fraction of sp³-hybridized carbons (Fsp3) is 1.00. The average Bonchev–Trinajstić information content (AvgIpc) is 2.07. The van der Waals surface area contributed by atoms with E-state index >= 15 is 0 Å². The van der Waals surface area contributed by atoms with Gasteiger partial charge in [0.05, 0.1) is 0 Å². The number of aliphatic hydroxyl groups is 2. The molecule has 0 radical (unpaired) electrons. The highest BCUT2D eigenvalue weighted by atomic mass is 128. The molecular weight excluding hydrogens is 406 g/mol. The molecule has 0 unspecified atom stereocenters. The Morgan fingerprint density at radius 2 is 1.57 bits per heavy atom. The summed E-state index contributed by atoms with van der Waals surface area (Å²) in [5.41, 5.74) is 0.201. The monoisotopic (exact) mass is 428 g/mol. The van der Waals surface area contributed by atoms with Gasteiger partial charge in [-0.25, -0.2) is 0 Å². The van der Waals surface area contributed by atoms with Crippen LogP contribution in [0, 0.1) is 5.41 Å². The van der Waals surface area contributed by atoms with Crippen molar-refractivity contribution in [3.8, 4) is 0 Å². The lowest BCUT2D eigenvalue weighted by atomic mass is 9.73. The van der Waals surface area contributed by atoms with Gasteiger partial charge in [0.1, 0.15) is 0 Å². The number of halogens is 2. The first-order valence-corrected chi connectivity index (χ1v) is 10.9. The quantitative estimate of drug-likeness (QED) is 0.515. The lowest BCUT2D eigenvalue weighted by Gasteiger charge is -2.33. The summed E-state index contributed by atoms with van der Waals surface area (Å²) >= 11 is 4.24. The number of hydrogen-bond donors (Lipinski definition) is 2. The van der Waals surface area contributed by atoms with Crippen LogP contribution in [0.2, 0.25) is 0 Å². The molecule has 2 N–H and O–H groups in total. The Hall–Kier alpha value is 1.38. The second kappa shape index (κ2) is 9.59.